The summed E-state index contributed by atoms with van der Waals surface area (Å²) in [7, 11) is 2.12. The molecule has 1 heterocycles. The van der Waals surface area contributed by atoms with Crippen molar-refractivity contribution in [1.82, 2.24) is 9.55 Å². The Bertz CT molecular complexity index is 501. The van der Waals surface area contributed by atoms with Crippen LogP contribution in [0.2, 0.25) is 0 Å². The molecule has 0 amide bonds. The predicted molar refractivity (Wildman–Crippen MR) is 66.9 cm³/mol. The van der Waals surface area contributed by atoms with Crippen molar-refractivity contribution in [3.05, 3.63) is 41.5 Å². The zero-order chi connectivity index (χ0) is 11.0. The third-order valence-electron chi connectivity index (χ3n) is 3.34. The van der Waals surface area contributed by atoms with E-state index in [9.17, 15) is 0 Å². The molecule has 0 atom stereocenters. The Morgan fingerprint density at radius 2 is 2.06 bits per heavy atom. The van der Waals surface area contributed by atoms with E-state index in [2.05, 4.69) is 42.0 Å². The van der Waals surface area contributed by atoms with Gasteiger partial charge in [-0.15, -0.1) is 0 Å². The molecule has 0 fully saturated rings. The molecule has 0 N–H and O–H groups in total. The van der Waals surface area contributed by atoms with Crippen LogP contribution < -0.4 is 0 Å². The molecule has 1 aromatic rings. The van der Waals surface area contributed by atoms with Gasteiger partial charge >= 0.3 is 0 Å². The second-order valence-corrected chi connectivity index (χ2v) is 4.43. The minimum Gasteiger partial charge on any atom is -0.328 e. The van der Waals surface area contributed by atoms with Crippen molar-refractivity contribution in [3.8, 4) is 0 Å². The second kappa shape index (κ2) is 3.78. The molecule has 0 aliphatic heterocycles. The highest BCUT2D eigenvalue weighted by molar-refractivity contribution is 5.66. The van der Waals surface area contributed by atoms with E-state index in [-0.39, 0.29) is 0 Å². The van der Waals surface area contributed by atoms with Crippen LogP contribution in [0.15, 0.2) is 24.3 Å². The monoisotopic (exact) mass is 212 g/mol. The number of aromatic nitrogens is 2. The molecular weight excluding hydrogens is 196 g/mol. The molecule has 2 nitrogen and oxygen atoms in total. The van der Waals surface area contributed by atoms with E-state index < -0.39 is 0 Å². The molecule has 3 rings (SSSR count). The third kappa shape index (κ3) is 1.45. The Hall–Kier alpha value is -1.57. The Kier molecular flexibility index (Phi) is 2.28. The van der Waals surface area contributed by atoms with E-state index in [1.54, 1.807) is 0 Å². The quantitative estimate of drug-likeness (QED) is 0.699. The number of hydrogen-bond donors (Lipinski definition) is 0. The highest BCUT2D eigenvalue weighted by Crippen LogP contribution is 2.27. The fourth-order valence-corrected chi connectivity index (χ4v) is 2.45. The van der Waals surface area contributed by atoms with Gasteiger partial charge in [0.25, 0.3) is 0 Å². The number of imidazole rings is 1. The highest BCUT2D eigenvalue weighted by Gasteiger charge is 2.17. The van der Waals surface area contributed by atoms with Crippen LogP contribution in [0.25, 0.3) is 11.6 Å². The molecule has 2 aliphatic carbocycles. The summed E-state index contributed by atoms with van der Waals surface area (Å²) >= 11 is 0. The lowest BCUT2D eigenvalue weighted by Crippen LogP contribution is -2.00. The smallest absolute Gasteiger partial charge is 0.136 e. The first-order valence-corrected chi connectivity index (χ1v) is 5.94. The van der Waals surface area contributed by atoms with Crippen molar-refractivity contribution >= 4 is 11.6 Å². The summed E-state index contributed by atoms with van der Waals surface area (Å²) in [6.07, 6.45) is 15.5. The van der Waals surface area contributed by atoms with E-state index in [1.165, 1.54) is 17.0 Å². The molecule has 2 aliphatic rings. The van der Waals surface area contributed by atoms with Crippen LogP contribution in [0.4, 0.5) is 0 Å². The van der Waals surface area contributed by atoms with E-state index in [1.807, 2.05) is 0 Å². The summed E-state index contributed by atoms with van der Waals surface area (Å²) in [4.78, 5) is 4.78. The first kappa shape index (κ1) is 9.64. The molecule has 0 aromatic carbocycles. The van der Waals surface area contributed by atoms with Crippen LogP contribution in [0.5, 0.6) is 0 Å². The Labute approximate surface area is 96.0 Å². The number of aryl methyl sites for hydroxylation is 1. The average molecular weight is 212 g/mol. The van der Waals surface area contributed by atoms with Crippen molar-refractivity contribution in [1.29, 1.82) is 0 Å². The molecule has 1 aromatic heterocycles. The normalized spacial score (nSPS) is 18.4. The lowest BCUT2D eigenvalue weighted by molar-refractivity contribution is 0.859. The standard InChI is InChI=1S/C14H16N2/c1-16-13-10-6-5-9-12(13)15-14(16)11-7-3-2-4-8-11/h2-3,6-7,10H,4-5,8-9H2,1H3. The molecule has 0 bridgehead atoms. The van der Waals surface area contributed by atoms with Gasteiger partial charge in [-0.05, 0) is 37.3 Å². The third-order valence-corrected chi connectivity index (χ3v) is 3.34. The topological polar surface area (TPSA) is 17.8 Å². The lowest BCUT2D eigenvalue weighted by atomic mass is 10.0. The van der Waals surface area contributed by atoms with Gasteiger partial charge in [-0.1, -0.05) is 24.3 Å². The van der Waals surface area contributed by atoms with Gasteiger partial charge in [0.1, 0.15) is 5.82 Å². The zero-order valence-electron chi connectivity index (χ0n) is 9.61. The molecule has 0 radical (unpaired) electrons. The second-order valence-electron chi connectivity index (χ2n) is 4.43. The molecular formula is C14H16N2. The van der Waals surface area contributed by atoms with Crippen molar-refractivity contribution in [3.63, 3.8) is 0 Å². The van der Waals surface area contributed by atoms with E-state index in [0.29, 0.717) is 0 Å². The van der Waals surface area contributed by atoms with Crippen molar-refractivity contribution in [2.45, 2.75) is 25.7 Å². The molecule has 0 spiro atoms. The largest absolute Gasteiger partial charge is 0.328 e. The van der Waals surface area contributed by atoms with Gasteiger partial charge in [-0.25, -0.2) is 4.98 Å². The SMILES string of the molecule is Cn1c(C2=CC=CCC2)nc2c1C=CCC2. The number of allylic oxidation sites excluding steroid dienone is 5. The van der Waals surface area contributed by atoms with Crippen molar-refractivity contribution in [2.75, 3.05) is 0 Å². The fourth-order valence-electron chi connectivity index (χ4n) is 2.45. The first-order valence-electron chi connectivity index (χ1n) is 5.94. The maximum absolute atomic E-state index is 4.78. The Balaban J connectivity index is 2.08. The van der Waals surface area contributed by atoms with Gasteiger partial charge in [0.2, 0.25) is 0 Å². The summed E-state index contributed by atoms with van der Waals surface area (Å²) < 4.78 is 2.23. The van der Waals surface area contributed by atoms with E-state index >= 15 is 0 Å². The first-order chi connectivity index (χ1) is 7.86. The van der Waals surface area contributed by atoms with Crippen LogP contribution >= 0.6 is 0 Å². The van der Waals surface area contributed by atoms with Crippen LogP contribution in [0.3, 0.4) is 0 Å². The summed E-state index contributed by atoms with van der Waals surface area (Å²) in [6, 6.07) is 0. The number of rotatable bonds is 1. The highest BCUT2D eigenvalue weighted by atomic mass is 15.1. The number of fused-ring (bicyclic) bond motifs is 1. The zero-order valence-corrected chi connectivity index (χ0v) is 9.61. The van der Waals surface area contributed by atoms with Crippen LogP contribution in [-0.2, 0) is 13.5 Å². The van der Waals surface area contributed by atoms with Crippen molar-refractivity contribution < 1.29 is 0 Å². The molecule has 2 heteroatoms. The number of hydrogen-bond acceptors (Lipinski definition) is 1. The van der Waals surface area contributed by atoms with Gasteiger partial charge < -0.3 is 4.57 Å². The van der Waals surface area contributed by atoms with Gasteiger partial charge in [0, 0.05) is 7.05 Å². The summed E-state index contributed by atoms with van der Waals surface area (Å²) in [5.41, 5.74) is 3.92. The summed E-state index contributed by atoms with van der Waals surface area (Å²) in [5.74, 6) is 1.15. The maximum Gasteiger partial charge on any atom is 0.136 e. The van der Waals surface area contributed by atoms with E-state index in [0.717, 1.165) is 31.5 Å². The van der Waals surface area contributed by atoms with Gasteiger partial charge in [0.05, 0.1) is 11.4 Å². The summed E-state index contributed by atoms with van der Waals surface area (Å²) in [6.45, 7) is 0. The van der Waals surface area contributed by atoms with Crippen molar-refractivity contribution in [2.24, 2.45) is 7.05 Å². The van der Waals surface area contributed by atoms with Gasteiger partial charge in [-0.2, -0.15) is 0 Å². The lowest BCUT2D eigenvalue weighted by Gasteiger charge is -2.09. The summed E-state index contributed by atoms with van der Waals surface area (Å²) in [5, 5.41) is 0. The van der Waals surface area contributed by atoms with Crippen LogP contribution in [0.1, 0.15) is 36.5 Å². The van der Waals surface area contributed by atoms with Crippen LogP contribution in [-0.4, -0.2) is 9.55 Å². The predicted octanol–water partition coefficient (Wildman–Crippen LogP) is 3.11. The fraction of sp³-hybridized carbons (Fsp3) is 0.357. The minimum absolute atomic E-state index is 1.09. The van der Waals surface area contributed by atoms with Gasteiger partial charge in [-0.3, -0.25) is 0 Å². The molecule has 0 unspecified atom stereocenters. The molecule has 0 saturated carbocycles. The molecule has 82 valence electrons. The maximum atomic E-state index is 4.78. The number of nitrogens with zero attached hydrogens (tertiary/aromatic N) is 2. The molecule has 16 heavy (non-hydrogen) atoms. The van der Waals surface area contributed by atoms with E-state index in [4.69, 9.17) is 4.98 Å². The van der Waals surface area contributed by atoms with Gasteiger partial charge in [0.15, 0.2) is 0 Å². The minimum atomic E-state index is 1.09. The Morgan fingerprint density at radius 1 is 1.19 bits per heavy atom. The molecule has 0 saturated heterocycles. The average Bonchev–Trinajstić information content (AvgIpc) is 2.69. The Morgan fingerprint density at radius 3 is 2.81 bits per heavy atom. The van der Waals surface area contributed by atoms with Crippen LogP contribution in [0, 0.1) is 0 Å².